The summed E-state index contributed by atoms with van der Waals surface area (Å²) in [6, 6.07) is 0.199. The summed E-state index contributed by atoms with van der Waals surface area (Å²) in [4.78, 5) is 39.8. The Hall–Kier alpha value is -1.92. The van der Waals surface area contributed by atoms with Gasteiger partial charge in [-0.05, 0) is 25.9 Å². The minimum Gasteiger partial charge on any atom is -0.475 e. The minimum atomic E-state index is -5.08. The standard InChI is InChI=1S/C17H27N3O4.C2HF3O2/c1-18(2)13-4-20(16(22)15-11-5-23-6-12(11)15)9-17(13)8-19(3)14(21)7-24-10-17;3-2(4,5)1(6)7/h11-13,15H,4-10H2,1-3H3;(H,6,7)/t11-,12+,13-,15?,17-;/m1./s1. The van der Waals surface area contributed by atoms with Crippen LogP contribution in [0.2, 0.25) is 0 Å². The van der Waals surface area contributed by atoms with Crippen molar-refractivity contribution in [1.82, 2.24) is 14.7 Å². The van der Waals surface area contributed by atoms with Gasteiger partial charge in [0.25, 0.3) is 0 Å². The van der Waals surface area contributed by atoms with E-state index in [1.165, 1.54) is 0 Å². The molecule has 0 aromatic rings. The summed E-state index contributed by atoms with van der Waals surface area (Å²) >= 11 is 0. The van der Waals surface area contributed by atoms with Crippen molar-refractivity contribution in [1.29, 1.82) is 0 Å². The maximum atomic E-state index is 13.0. The third-order valence-corrected chi connectivity index (χ3v) is 6.61. The molecule has 176 valence electrons. The third-order valence-electron chi connectivity index (χ3n) is 6.61. The van der Waals surface area contributed by atoms with Gasteiger partial charge >= 0.3 is 12.1 Å². The number of hydrogen-bond donors (Lipinski definition) is 1. The SMILES string of the molecule is CN1C[C@]2(COCC1=O)CN(C(=O)C1[C@H]3COC[C@@H]13)C[C@H]2N(C)C.O=C(O)C(F)(F)F. The molecule has 0 bridgehead atoms. The summed E-state index contributed by atoms with van der Waals surface area (Å²) in [6.07, 6.45) is -5.08. The first-order valence-electron chi connectivity index (χ1n) is 10.0. The van der Waals surface area contributed by atoms with Gasteiger partial charge in [0.1, 0.15) is 6.61 Å². The van der Waals surface area contributed by atoms with Crippen LogP contribution in [0.5, 0.6) is 0 Å². The first-order valence-corrected chi connectivity index (χ1v) is 10.0. The van der Waals surface area contributed by atoms with E-state index in [-0.39, 0.29) is 35.8 Å². The van der Waals surface area contributed by atoms with Crippen LogP contribution in [0.4, 0.5) is 13.2 Å². The topological polar surface area (TPSA) is 99.6 Å². The third kappa shape index (κ3) is 4.80. The molecule has 4 rings (SSSR count). The van der Waals surface area contributed by atoms with E-state index in [9.17, 15) is 22.8 Å². The Morgan fingerprint density at radius 3 is 2.26 bits per heavy atom. The summed E-state index contributed by atoms with van der Waals surface area (Å²) in [5.41, 5.74) is -0.208. The fourth-order valence-corrected chi connectivity index (χ4v) is 5.00. The number of carbonyl (C=O) groups is 3. The molecule has 31 heavy (non-hydrogen) atoms. The van der Waals surface area contributed by atoms with Gasteiger partial charge in [-0.25, -0.2) is 4.79 Å². The number of rotatable bonds is 2. The minimum absolute atomic E-state index is 0.0167. The van der Waals surface area contributed by atoms with Gasteiger partial charge in [0.2, 0.25) is 11.8 Å². The van der Waals surface area contributed by atoms with Crippen LogP contribution in [0.15, 0.2) is 0 Å². The lowest BCUT2D eigenvalue weighted by Gasteiger charge is -2.37. The molecule has 1 spiro atoms. The normalized spacial score (nSPS) is 35.0. The Bertz CT molecular complexity index is 723. The summed E-state index contributed by atoms with van der Waals surface area (Å²) < 4.78 is 42.9. The molecule has 1 N–H and O–H groups in total. The van der Waals surface area contributed by atoms with E-state index in [0.717, 1.165) is 13.2 Å². The fourth-order valence-electron chi connectivity index (χ4n) is 5.00. The molecular weight excluding hydrogens is 423 g/mol. The van der Waals surface area contributed by atoms with E-state index in [4.69, 9.17) is 19.4 Å². The lowest BCUT2D eigenvalue weighted by molar-refractivity contribution is -0.192. The molecule has 0 radical (unpaired) electrons. The summed E-state index contributed by atoms with van der Waals surface area (Å²) in [7, 11) is 5.93. The molecule has 3 saturated heterocycles. The number of carbonyl (C=O) groups excluding carboxylic acids is 2. The van der Waals surface area contributed by atoms with Crippen LogP contribution in [0.25, 0.3) is 0 Å². The zero-order valence-electron chi connectivity index (χ0n) is 17.7. The molecule has 0 aromatic carbocycles. The number of hydrogen-bond acceptors (Lipinski definition) is 6. The smallest absolute Gasteiger partial charge is 0.475 e. The average molecular weight is 451 g/mol. The Labute approximate surface area is 178 Å². The first-order chi connectivity index (χ1) is 14.4. The highest BCUT2D eigenvalue weighted by molar-refractivity contribution is 5.83. The lowest BCUT2D eigenvalue weighted by atomic mass is 9.82. The molecule has 12 heteroatoms. The van der Waals surface area contributed by atoms with E-state index < -0.39 is 12.1 Å². The Morgan fingerprint density at radius 1 is 1.16 bits per heavy atom. The van der Waals surface area contributed by atoms with Gasteiger partial charge in [0, 0.05) is 44.1 Å². The molecule has 3 aliphatic heterocycles. The maximum absolute atomic E-state index is 13.0. The zero-order valence-corrected chi connectivity index (χ0v) is 17.7. The predicted octanol–water partition coefficient (Wildman–Crippen LogP) is -0.240. The number of fused-ring (bicyclic) bond motifs is 1. The molecule has 0 aromatic heterocycles. The molecule has 5 atom stereocenters. The van der Waals surface area contributed by atoms with Crippen molar-refractivity contribution in [3.63, 3.8) is 0 Å². The van der Waals surface area contributed by atoms with Crippen molar-refractivity contribution in [2.24, 2.45) is 23.2 Å². The molecule has 9 nitrogen and oxygen atoms in total. The molecule has 2 amide bonds. The highest BCUT2D eigenvalue weighted by Gasteiger charge is 2.61. The van der Waals surface area contributed by atoms with Crippen LogP contribution in [-0.2, 0) is 23.9 Å². The number of carboxylic acid groups (broad SMARTS) is 1. The number of likely N-dealkylation sites (N-methyl/N-ethyl adjacent to an activating group) is 2. The van der Waals surface area contributed by atoms with Gasteiger partial charge < -0.3 is 29.3 Å². The van der Waals surface area contributed by atoms with Crippen LogP contribution in [-0.4, -0.2) is 117 Å². The van der Waals surface area contributed by atoms with Gasteiger partial charge in [-0.15, -0.1) is 0 Å². The van der Waals surface area contributed by atoms with E-state index in [2.05, 4.69) is 4.90 Å². The van der Waals surface area contributed by atoms with Crippen LogP contribution in [0.3, 0.4) is 0 Å². The zero-order chi connectivity index (χ0) is 23.1. The maximum Gasteiger partial charge on any atom is 0.490 e. The van der Waals surface area contributed by atoms with Crippen LogP contribution < -0.4 is 0 Å². The predicted molar refractivity (Wildman–Crippen MR) is 99.9 cm³/mol. The second-order valence-corrected chi connectivity index (χ2v) is 9.00. The molecule has 4 fully saturated rings. The van der Waals surface area contributed by atoms with Crippen molar-refractivity contribution in [3.8, 4) is 0 Å². The van der Waals surface area contributed by atoms with E-state index in [1.807, 2.05) is 26.0 Å². The monoisotopic (exact) mass is 451 g/mol. The first kappa shape index (κ1) is 23.7. The highest BCUT2D eigenvalue weighted by Crippen LogP contribution is 2.52. The molecular formula is C19H28F3N3O6. The Morgan fingerprint density at radius 2 is 1.74 bits per heavy atom. The Balaban J connectivity index is 0.000000339. The highest BCUT2D eigenvalue weighted by atomic mass is 19.4. The number of nitrogens with zero attached hydrogens (tertiary/aromatic N) is 3. The van der Waals surface area contributed by atoms with Gasteiger partial charge in [-0.2, -0.15) is 13.2 Å². The average Bonchev–Trinajstić information content (AvgIpc) is 3.00. The number of alkyl halides is 3. The van der Waals surface area contributed by atoms with Crippen molar-refractivity contribution in [2.45, 2.75) is 12.2 Å². The van der Waals surface area contributed by atoms with Crippen molar-refractivity contribution in [3.05, 3.63) is 0 Å². The van der Waals surface area contributed by atoms with Crippen LogP contribution in [0, 0.1) is 23.2 Å². The summed E-state index contributed by atoms with van der Waals surface area (Å²) in [5.74, 6) is -1.45. The molecule has 1 aliphatic carbocycles. The van der Waals surface area contributed by atoms with Gasteiger partial charge in [0.15, 0.2) is 0 Å². The van der Waals surface area contributed by atoms with Crippen molar-refractivity contribution >= 4 is 17.8 Å². The van der Waals surface area contributed by atoms with Gasteiger partial charge in [-0.3, -0.25) is 9.59 Å². The van der Waals surface area contributed by atoms with Crippen LogP contribution >= 0.6 is 0 Å². The molecule has 3 heterocycles. The summed E-state index contributed by atoms with van der Waals surface area (Å²) in [6.45, 7) is 4.15. The second kappa shape index (κ2) is 8.55. The van der Waals surface area contributed by atoms with E-state index in [0.29, 0.717) is 38.1 Å². The second-order valence-electron chi connectivity index (χ2n) is 9.00. The lowest BCUT2D eigenvalue weighted by Crippen LogP contribution is -2.51. The number of halogens is 3. The number of carboxylic acids is 1. The molecule has 1 unspecified atom stereocenters. The molecule has 4 aliphatic rings. The van der Waals surface area contributed by atoms with Crippen LogP contribution in [0.1, 0.15) is 0 Å². The number of likely N-dealkylation sites (tertiary alicyclic amines) is 1. The fraction of sp³-hybridized carbons (Fsp3) is 0.842. The Kier molecular flexibility index (Phi) is 6.55. The number of amides is 2. The molecule has 1 saturated carbocycles. The quantitative estimate of drug-likeness (QED) is 0.619. The number of ether oxygens (including phenoxy) is 2. The van der Waals surface area contributed by atoms with Gasteiger partial charge in [0.05, 0.1) is 19.8 Å². The van der Waals surface area contributed by atoms with Crippen molar-refractivity contribution in [2.75, 3.05) is 67.2 Å². The van der Waals surface area contributed by atoms with E-state index in [1.54, 1.807) is 4.90 Å². The van der Waals surface area contributed by atoms with E-state index >= 15 is 0 Å². The summed E-state index contributed by atoms with van der Waals surface area (Å²) in [5, 5.41) is 7.12. The van der Waals surface area contributed by atoms with Gasteiger partial charge in [-0.1, -0.05) is 0 Å². The largest absolute Gasteiger partial charge is 0.490 e. The number of aliphatic carboxylic acids is 1. The van der Waals surface area contributed by atoms with Crippen molar-refractivity contribution < 1.29 is 42.1 Å².